The van der Waals surface area contributed by atoms with E-state index in [1.807, 2.05) is 0 Å². The van der Waals surface area contributed by atoms with Crippen LogP contribution in [0.2, 0.25) is 0 Å². The van der Waals surface area contributed by atoms with Gasteiger partial charge in [-0.3, -0.25) is 0 Å². The number of nitrogens with two attached hydrogens (primary N) is 1. The van der Waals surface area contributed by atoms with Crippen molar-refractivity contribution in [1.29, 1.82) is 0 Å². The molecule has 0 fully saturated rings. The van der Waals surface area contributed by atoms with Gasteiger partial charge in [0.25, 0.3) is 0 Å². The summed E-state index contributed by atoms with van der Waals surface area (Å²) in [4.78, 5) is 0. The minimum atomic E-state index is -3.16. The second kappa shape index (κ2) is 6.04. The van der Waals surface area contributed by atoms with Crippen molar-refractivity contribution in [1.82, 2.24) is 0 Å². The van der Waals surface area contributed by atoms with Gasteiger partial charge in [0.05, 0.1) is 5.75 Å². The molecule has 0 aliphatic heterocycles. The molecule has 0 atom stereocenters. The molecule has 0 amide bonds. The van der Waals surface area contributed by atoms with Crippen LogP contribution in [0.4, 0.5) is 0 Å². The number of hydrogen-bond acceptors (Lipinski definition) is 2. The van der Waals surface area contributed by atoms with Crippen LogP contribution in [0.3, 0.4) is 0 Å². The standard InChI is InChI=1S/C3H8.C2H7NO2S/c1-3-2;1-2-6(3,4)5/h3H2,1-2H3;2H2,1H3,(H2,3,4,5). The van der Waals surface area contributed by atoms with Gasteiger partial charge in [-0.15, -0.1) is 0 Å². The molecule has 0 aliphatic carbocycles. The smallest absolute Gasteiger partial charge is 0.208 e. The lowest BCUT2D eigenvalue weighted by atomic mass is 10.6. The molecule has 0 saturated carbocycles. The summed E-state index contributed by atoms with van der Waals surface area (Å²) < 4.78 is 19.6. The first-order valence-corrected chi connectivity index (χ1v) is 4.69. The highest BCUT2D eigenvalue weighted by atomic mass is 32.2. The van der Waals surface area contributed by atoms with E-state index in [1.165, 1.54) is 13.3 Å². The predicted molar refractivity (Wildman–Crippen MR) is 39.6 cm³/mol. The van der Waals surface area contributed by atoms with Crippen LogP contribution in [0.15, 0.2) is 0 Å². The van der Waals surface area contributed by atoms with E-state index in [0.717, 1.165) is 0 Å². The third-order valence-electron chi connectivity index (χ3n) is 0.402. The molecule has 0 unspecified atom stereocenters. The molecule has 0 aromatic carbocycles. The van der Waals surface area contributed by atoms with Crippen LogP contribution in [0.25, 0.3) is 0 Å². The highest BCUT2D eigenvalue weighted by Gasteiger charge is 1.90. The summed E-state index contributed by atoms with van der Waals surface area (Å²) in [6, 6.07) is 0. The zero-order valence-corrected chi connectivity index (χ0v) is 7.03. The third kappa shape index (κ3) is 32.6. The normalized spacial score (nSPS) is 9.78. The molecule has 0 saturated heterocycles. The molecule has 0 aromatic rings. The summed E-state index contributed by atoms with van der Waals surface area (Å²) in [7, 11) is -3.16. The highest BCUT2D eigenvalue weighted by Crippen LogP contribution is 1.68. The molecule has 2 N–H and O–H groups in total. The maximum absolute atomic E-state index is 9.78. The van der Waals surface area contributed by atoms with Gasteiger partial charge in [0.1, 0.15) is 0 Å². The molecule has 0 rings (SSSR count). The number of hydrogen-bond donors (Lipinski definition) is 1. The minimum Gasteiger partial charge on any atom is -0.229 e. The molecule has 58 valence electrons. The average molecular weight is 153 g/mol. The molecular formula is C5H15NO2S. The molecule has 0 spiro atoms. The van der Waals surface area contributed by atoms with Gasteiger partial charge in [-0.2, -0.15) is 0 Å². The Bertz CT molecular complexity index is 128. The van der Waals surface area contributed by atoms with Crippen LogP contribution in [0.1, 0.15) is 27.2 Å². The second-order valence-electron chi connectivity index (χ2n) is 1.66. The van der Waals surface area contributed by atoms with Crippen molar-refractivity contribution in [3.05, 3.63) is 0 Å². The van der Waals surface area contributed by atoms with E-state index in [-0.39, 0.29) is 5.75 Å². The first kappa shape index (κ1) is 11.7. The number of rotatable bonds is 1. The van der Waals surface area contributed by atoms with Crippen molar-refractivity contribution in [3.63, 3.8) is 0 Å². The second-order valence-corrected chi connectivity index (χ2v) is 3.56. The Morgan fingerprint density at radius 1 is 1.22 bits per heavy atom. The monoisotopic (exact) mass is 153 g/mol. The zero-order valence-electron chi connectivity index (χ0n) is 6.22. The van der Waals surface area contributed by atoms with Crippen molar-refractivity contribution in [2.75, 3.05) is 5.75 Å². The molecule has 0 bridgehead atoms. The van der Waals surface area contributed by atoms with Crippen LogP contribution in [0, 0.1) is 0 Å². The van der Waals surface area contributed by atoms with E-state index in [2.05, 4.69) is 19.0 Å². The molecule has 9 heavy (non-hydrogen) atoms. The van der Waals surface area contributed by atoms with Gasteiger partial charge < -0.3 is 0 Å². The van der Waals surface area contributed by atoms with Crippen LogP contribution in [0.5, 0.6) is 0 Å². The Kier molecular flexibility index (Phi) is 7.83. The lowest BCUT2D eigenvalue weighted by Crippen LogP contribution is -2.13. The fourth-order valence-corrected chi connectivity index (χ4v) is 0. The maximum atomic E-state index is 9.78. The van der Waals surface area contributed by atoms with Crippen LogP contribution in [-0.4, -0.2) is 14.2 Å². The van der Waals surface area contributed by atoms with E-state index in [4.69, 9.17) is 0 Å². The first-order chi connectivity index (χ1) is 3.97. The quantitative estimate of drug-likeness (QED) is 0.603. The molecule has 0 aliphatic rings. The van der Waals surface area contributed by atoms with Crippen molar-refractivity contribution < 1.29 is 8.42 Å². The predicted octanol–water partition coefficient (Wildman–Crippen LogP) is 0.711. The fourth-order valence-electron chi connectivity index (χ4n) is 0. The Labute approximate surface area is 57.3 Å². The average Bonchev–Trinajstić information content (AvgIpc) is 1.67. The number of sulfonamides is 1. The zero-order chi connectivity index (χ0) is 7.91. The van der Waals surface area contributed by atoms with Crippen molar-refractivity contribution in [2.45, 2.75) is 27.2 Å². The summed E-state index contributed by atoms with van der Waals surface area (Å²) in [5.41, 5.74) is 0. The van der Waals surface area contributed by atoms with Gasteiger partial charge >= 0.3 is 0 Å². The SMILES string of the molecule is CCC.CCS(N)(=O)=O. The molecule has 0 heterocycles. The van der Waals surface area contributed by atoms with Crippen LogP contribution in [-0.2, 0) is 10.0 Å². The summed E-state index contributed by atoms with van der Waals surface area (Å²) >= 11 is 0. The van der Waals surface area contributed by atoms with E-state index in [1.54, 1.807) is 0 Å². The van der Waals surface area contributed by atoms with Gasteiger partial charge in [0.2, 0.25) is 10.0 Å². The Hall–Kier alpha value is -0.0900. The van der Waals surface area contributed by atoms with Gasteiger partial charge in [0, 0.05) is 0 Å². The van der Waals surface area contributed by atoms with E-state index in [9.17, 15) is 8.42 Å². The lowest BCUT2D eigenvalue weighted by molar-refractivity contribution is 0.599. The maximum Gasteiger partial charge on any atom is 0.208 e. The van der Waals surface area contributed by atoms with Gasteiger partial charge in [-0.1, -0.05) is 20.3 Å². The summed E-state index contributed by atoms with van der Waals surface area (Å²) in [6.45, 7) is 5.75. The van der Waals surface area contributed by atoms with Crippen molar-refractivity contribution >= 4 is 10.0 Å². The van der Waals surface area contributed by atoms with Gasteiger partial charge in [0.15, 0.2) is 0 Å². The fraction of sp³-hybridized carbons (Fsp3) is 1.00. The van der Waals surface area contributed by atoms with E-state index in [0.29, 0.717) is 0 Å². The Balaban J connectivity index is 0. The van der Waals surface area contributed by atoms with Crippen molar-refractivity contribution in [3.8, 4) is 0 Å². The molecule has 4 heteroatoms. The minimum absolute atomic E-state index is 0.0208. The largest absolute Gasteiger partial charge is 0.229 e. The number of primary sulfonamides is 1. The van der Waals surface area contributed by atoms with E-state index < -0.39 is 10.0 Å². The lowest BCUT2D eigenvalue weighted by Gasteiger charge is -1.81. The Morgan fingerprint density at radius 3 is 1.33 bits per heavy atom. The highest BCUT2D eigenvalue weighted by molar-refractivity contribution is 7.89. The van der Waals surface area contributed by atoms with Gasteiger partial charge in [-0.05, 0) is 6.92 Å². The third-order valence-corrected chi connectivity index (χ3v) is 1.21. The topological polar surface area (TPSA) is 60.2 Å². The molecule has 0 radical (unpaired) electrons. The van der Waals surface area contributed by atoms with Crippen molar-refractivity contribution in [2.24, 2.45) is 5.14 Å². The molecule has 0 aromatic heterocycles. The van der Waals surface area contributed by atoms with Crippen LogP contribution < -0.4 is 5.14 Å². The summed E-state index contributed by atoms with van der Waals surface area (Å²) in [5.74, 6) is 0.0208. The first-order valence-electron chi connectivity index (χ1n) is 2.98. The van der Waals surface area contributed by atoms with Crippen LogP contribution >= 0.6 is 0 Å². The van der Waals surface area contributed by atoms with Gasteiger partial charge in [-0.25, -0.2) is 13.6 Å². The molecular weight excluding hydrogens is 138 g/mol. The molecule has 3 nitrogen and oxygen atoms in total. The Morgan fingerprint density at radius 2 is 1.33 bits per heavy atom. The summed E-state index contributed by atoms with van der Waals surface area (Å²) in [6.07, 6.45) is 1.25. The van der Waals surface area contributed by atoms with E-state index >= 15 is 0 Å². The summed E-state index contributed by atoms with van der Waals surface area (Å²) in [5, 5.41) is 4.51.